The van der Waals surface area contributed by atoms with Gasteiger partial charge in [-0.05, 0) is 30.5 Å². The molecule has 1 unspecified atom stereocenters. The van der Waals surface area contributed by atoms with Crippen molar-refractivity contribution < 1.29 is 14.6 Å². The zero-order valence-electron chi connectivity index (χ0n) is 10.4. The fourth-order valence-electron chi connectivity index (χ4n) is 2.04. The fraction of sp³-hybridized carbons (Fsp3) is 0.462. The minimum absolute atomic E-state index is 0.0620. The van der Waals surface area contributed by atoms with Crippen LogP contribution in [0.3, 0.4) is 0 Å². The summed E-state index contributed by atoms with van der Waals surface area (Å²) in [6, 6.07) is 5.05. The Balaban J connectivity index is 1.95. The molecule has 1 fully saturated rings. The van der Waals surface area contributed by atoms with Gasteiger partial charge in [-0.1, -0.05) is 6.07 Å². The molecular weight excluding hydrogens is 232 g/mol. The van der Waals surface area contributed by atoms with E-state index in [1.807, 2.05) is 6.07 Å². The topological polar surface area (TPSA) is 70.6 Å². The molecule has 3 N–H and O–H groups in total. The maximum Gasteiger partial charge on any atom is 0.237 e. The van der Waals surface area contributed by atoms with Gasteiger partial charge in [-0.15, -0.1) is 0 Å². The summed E-state index contributed by atoms with van der Waals surface area (Å²) in [5.41, 5.74) is 0.975. The smallest absolute Gasteiger partial charge is 0.237 e. The van der Waals surface area contributed by atoms with Gasteiger partial charge in [-0.2, -0.15) is 0 Å². The lowest BCUT2D eigenvalue weighted by Gasteiger charge is -2.23. The average Bonchev–Trinajstić information content (AvgIpc) is 2.39. The van der Waals surface area contributed by atoms with Gasteiger partial charge in [0.2, 0.25) is 5.91 Å². The van der Waals surface area contributed by atoms with E-state index in [1.54, 1.807) is 12.1 Å². The molecule has 0 aromatic heterocycles. The third kappa shape index (κ3) is 2.92. The van der Waals surface area contributed by atoms with Crippen LogP contribution in [-0.2, 0) is 11.3 Å². The lowest BCUT2D eigenvalue weighted by Crippen LogP contribution is -2.47. The molecule has 0 aliphatic carbocycles. The van der Waals surface area contributed by atoms with E-state index in [1.165, 1.54) is 7.11 Å². The first-order chi connectivity index (χ1) is 8.70. The summed E-state index contributed by atoms with van der Waals surface area (Å²) >= 11 is 0. The quantitative estimate of drug-likeness (QED) is 0.738. The molecular formula is C13H18N2O3. The lowest BCUT2D eigenvalue weighted by atomic mass is 10.1. The van der Waals surface area contributed by atoms with Crippen molar-refractivity contribution in [2.45, 2.75) is 25.4 Å². The van der Waals surface area contributed by atoms with Crippen molar-refractivity contribution in [1.82, 2.24) is 10.6 Å². The predicted octanol–water partition coefficient (Wildman–Crippen LogP) is 0.769. The number of rotatable bonds is 4. The summed E-state index contributed by atoms with van der Waals surface area (Å²) in [4.78, 5) is 11.6. The third-order valence-electron chi connectivity index (χ3n) is 3.08. The molecule has 1 amide bonds. The van der Waals surface area contributed by atoms with Crippen molar-refractivity contribution in [2.24, 2.45) is 0 Å². The van der Waals surface area contributed by atoms with Crippen LogP contribution in [-0.4, -0.2) is 30.7 Å². The second-order valence-corrected chi connectivity index (χ2v) is 4.37. The first kappa shape index (κ1) is 12.7. The van der Waals surface area contributed by atoms with Crippen molar-refractivity contribution in [3.05, 3.63) is 23.8 Å². The van der Waals surface area contributed by atoms with Gasteiger partial charge in [0, 0.05) is 13.1 Å². The SMILES string of the molecule is COc1cc(CNC2CCCNC2=O)ccc1O. The zero-order chi connectivity index (χ0) is 13.0. The van der Waals surface area contributed by atoms with E-state index in [0.717, 1.165) is 24.9 Å². The van der Waals surface area contributed by atoms with Gasteiger partial charge in [0.05, 0.1) is 13.2 Å². The number of carbonyl (C=O) groups is 1. The molecule has 1 atom stereocenters. The largest absolute Gasteiger partial charge is 0.504 e. The molecule has 1 aliphatic rings. The fourth-order valence-corrected chi connectivity index (χ4v) is 2.04. The number of amides is 1. The zero-order valence-corrected chi connectivity index (χ0v) is 10.4. The summed E-state index contributed by atoms with van der Waals surface area (Å²) in [5.74, 6) is 0.631. The van der Waals surface area contributed by atoms with Gasteiger partial charge in [-0.25, -0.2) is 0 Å². The van der Waals surface area contributed by atoms with E-state index >= 15 is 0 Å². The highest BCUT2D eigenvalue weighted by molar-refractivity contribution is 5.82. The first-order valence-electron chi connectivity index (χ1n) is 6.07. The number of piperidine rings is 1. The van der Waals surface area contributed by atoms with Crippen molar-refractivity contribution in [1.29, 1.82) is 0 Å². The minimum Gasteiger partial charge on any atom is -0.504 e. The Hall–Kier alpha value is -1.75. The number of carbonyl (C=O) groups excluding carboxylic acids is 1. The normalized spacial score (nSPS) is 19.4. The lowest BCUT2D eigenvalue weighted by molar-refractivity contribution is -0.124. The van der Waals surface area contributed by atoms with E-state index in [9.17, 15) is 9.90 Å². The van der Waals surface area contributed by atoms with Gasteiger partial charge in [0.25, 0.3) is 0 Å². The Labute approximate surface area is 106 Å². The van der Waals surface area contributed by atoms with Crippen LogP contribution in [0.15, 0.2) is 18.2 Å². The molecule has 0 radical (unpaired) electrons. The molecule has 1 aromatic rings. The second kappa shape index (κ2) is 5.73. The highest BCUT2D eigenvalue weighted by Gasteiger charge is 2.20. The van der Waals surface area contributed by atoms with Crippen LogP contribution in [0.2, 0.25) is 0 Å². The van der Waals surface area contributed by atoms with Crippen LogP contribution in [0.5, 0.6) is 11.5 Å². The van der Waals surface area contributed by atoms with Crippen LogP contribution >= 0.6 is 0 Å². The van der Waals surface area contributed by atoms with Crippen molar-refractivity contribution >= 4 is 5.91 Å². The van der Waals surface area contributed by atoms with Crippen LogP contribution in [0.4, 0.5) is 0 Å². The van der Waals surface area contributed by atoms with Crippen molar-refractivity contribution in [3.8, 4) is 11.5 Å². The van der Waals surface area contributed by atoms with Crippen molar-refractivity contribution in [2.75, 3.05) is 13.7 Å². The molecule has 0 saturated carbocycles. The highest BCUT2D eigenvalue weighted by atomic mass is 16.5. The second-order valence-electron chi connectivity index (χ2n) is 4.37. The number of phenolic OH excluding ortho intramolecular Hbond substituents is 1. The number of benzene rings is 1. The predicted molar refractivity (Wildman–Crippen MR) is 67.5 cm³/mol. The number of hydrogen-bond acceptors (Lipinski definition) is 4. The summed E-state index contributed by atoms with van der Waals surface area (Å²) in [6.07, 6.45) is 1.86. The molecule has 0 spiro atoms. The number of nitrogens with one attached hydrogen (secondary N) is 2. The van der Waals surface area contributed by atoms with Crippen LogP contribution < -0.4 is 15.4 Å². The van der Waals surface area contributed by atoms with Crippen LogP contribution in [0.1, 0.15) is 18.4 Å². The molecule has 2 rings (SSSR count). The van der Waals surface area contributed by atoms with E-state index in [2.05, 4.69) is 10.6 Å². The molecule has 98 valence electrons. The number of ether oxygens (including phenoxy) is 1. The number of hydrogen-bond donors (Lipinski definition) is 3. The standard InChI is InChI=1S/C13H18N2O3/c1-18-12-7-9(4-5-11(12)16)8-15-10-3-2-6-14-13(10)17/h4-5,7,10,15-16H,2-3,6,8H2,1H3,(H,14,17). The highest BCUT2D eigenvalue weighted by Crippen LogP contribution is 2.26. The molecule has 1 aliphatic heterocycles. The van der Waals surface area contributed by atoms with E-state index in [-0.39, 0.29) is 17.7 Å². The van der Waals surface area contributed by atoms with E-state index < -0.39 is 0 Å². The van der Waals surface area contributed by atoms with E-state index in [0.29, 0.717) is 12.3 Å². The van der Waals surface area contributed by atoms with Crippen LogP contribution in [0.25, 0.3) is 0 Å². The molecule has 0 bridgehead atoms. The number of methoxy groups -OCH3 is 1. The first-order valence-corrected chi connectivity index (χ1v) is 6.07. The minimum atomic E-state index is -0.126. The van der Waals surface area contributed by atoms with E-state index in [4.69, 9.17) is 4.74 Å². The molecule has 1 heterocycles. The summed E-state index contributed by atoms with van der Waals surface area (Å²) in [5, 5.41) is 15.5. The Kier molecular flexibility index (Phi) is 4.04. The molecule has 5 nitrogen and oxygen atoms in total. The molecule has 1 aromatic carbocycles. The van der Waals surface area contributed by atoms with Gasteiger partial charge in [0.15, 0.2) is 11.5 Å². The molecule has 18 heavy (non-hydrogen) atoms. The Morgan fingerprint density at radius 2 is 2.39 bits per heavy atom. The maximum absolute atomic E-state index is 11.6. The summed E-state index contributed by atoms with van der Waals surface area (Å²) in [7, 11) is 1.51. The monoisotopic (exact) mass is 250 g/mol. The van der Waals surface area contributed by atoms with Gasteiger partial charge >= 0.3 is 0 Å². The molecule has 1 saturated heterocycles. The Bertz CT molecular complexity index is 434. The Morgan fingerprint density at radius 1 is 1.56 bits per heavy atom. The number of aromatic hydroxyl groups is 1. The van der Waals surface area contributed by atoms with Crippen LogP contribution in [0, 0.1) is 0 Å². The number of phenols is 1. The van der Waals surface area contributed by atoms with Crippen molar-refractivity contribution in [3.63, 3.8) is 0 Å². The van der Waals surface area contributed by atoms with Gasteiger partial charge < -0.3 is 20.5 Å². The molecule has 5 heteroatoms. The summed E-state index contributed by atoms with van der Waals surface area (Å²) < 4.78 is 5.04. The van der Waals surface area contributed by atoms with Gasteiger partial charge in [0.1, 0.15) is 0 Å². The third-order valence-corrected chi connectivity index (χ3v) is 3.08. The summed E-state index contributed by atoms with van der Waals surface area (Å²) in [6.45, 7) is 1.35. The van der Waals surface area contributed by atoms with Gasteiger partial charge in [-0.3, -0.25) is 4.79 Å². The Morgan fingerprint density at radius 3 is 3.11 bits per heavy atom. The average molecular weight is 250 g/mol. The maximum atomic E-state index is 11.6.